The second-order valence-corrected chi connectivity index (χ2v) is 15.2. The molecule has 11 heteroatoms. The summed E-state index contributed by atoms with van der Waals surface area (Å²) in [7, 11) is -4.02. The lowest BCUT2D eigenvalue weighted by Gasteiger charge is -2.39. The van der Waals surface area contributed by atoms with E-state index in [1.807, 2.05) is 73.0 Å². The zero-order valence-electron chi connectivity index (χ0n) is 28.6. The molecule has 49 heavy (non-hydrogen) atoms. The van der Waals surface area contributed by atoms with Crippen molar-refractivity contribution in [2.75, 3.05) is 31.1 Å². The van der Waals surface area contributed by atoms with Gasteiger partial charge < -0.3 is 20.4 Å². The minimum Gasteiger partial charge on any atom is -0.344 e. The molecule has 0 aliphatic carbocycles. The molecule has 3 heterocycles. The maximum Gasteiger partial charge on any atom is 0.294 e. The summed E-state index contributed by atoms with van der Waals surface area (Å²) in [6, 6.07) is 23.7. The quantitative estimate of drug-likeness (QED) is 0.293. The van der Waals surface area contributed by atoms with Crippen molar-refractivity contribution >= 4 is 33.5 Å². The molecule has 2 fully saturated rings. The molecule has 3 N–H and O–H groups in total. The number of piperidine rings is 2. The number of benzene rings is 3. The van der Waals surface area contributed by atoms with Gasteiger partial charge in [0.15, 0.2) is 0 Å². The average Bonchev–Trinajstić information content (AvgIpc) is 3.31. The number of para-hydroxylation sites is 1. The molecule has 2 atom stereocenters. The fourth-order valence-electron chi connectivity index (χ4n) is 6.95. The van der Waals surface area contributed by atoms with Crippen LogP contribution < -0.4 is 15.5 Å². The number of amides is 3. The Morgan fingerprint density at radius 2 is 1.61 bits per heavy atom. The highest BCUT2D eigenvalue weighted by molar-refractivity contribution is 7.85. The Balaban J connectivity index is 0.000000363. The van der Waals surface area contributed by atoms with Crippen LogP contribution in [0.25, 0.3) is 0 Å². The minimum atomic E-state index is -4.02. The van der Waals surface area contributed by atoms with Gasteiger partial charge in [-0.05, 0) is 95.2 Å². The van der Waals surface area contributed by atoms with Crippen molar-refractivity contribution in [3.63, 3.8) is 0 Å². The molecule has 3 aliphatic heterocycles. The van der Waals surface area contributed by atoms with Gasteiger partial charge in [0.2, 0.25) is 17.7 Å². The van der Waals surface area contributed by atoms with Crippen molar-refractivity contribution in [2.24, 2.45) is 5.92 Å². The zero-order chi connectivity index (χ0) is 35.2. The van der Waals surface area contributed by atoms with E-state index in [0.717, 1.165) is 61.0 Å². The summed E-state index contributed by atoms with van der Waals surface area (Å²) in [5.74, 6) is 0.00802. The van der Waals surface area contributed by atoms with Crippen molar-refractivity contribution in [1.29, 1.82) is 0 Å². The lowest BCUT2D eigenvalue weighted by molar-refractivity contribution is -0.138. The molecule has 3 amide bonds. The van der Waals surface area contributed by atoms with Crippen molar-refractivity contribution in [3.05, 3.63) is 95.6 Å². The molecule has 0 aromatic heterocycles. The Labute approximate surface area is 290 Å². The summed E-state index contributed by atoms with van der Waals surface area (Å²) in [5.41, 5.74) is 3.65. The highest BCUT2D eigenvalue weighted by atomic mass is 32.2. The van der Waals surface area contributed by atoms with Gasteiger partial charge in [-0.25, -0.2) is 0 Å². The highest BCUT2D eigenvalue weighted by Gasteiger charge is 2.47. The maximum absolute atomic E-state index is 13.7. The minimum absolute atomic E-state index is 0.00928. The molecule has 6 rings (SSSR count). The summed E-state index contributed by atoms with van der Waals surface area (Å²) in [4.78, 5) is 44.0. The van der Waals surface area contributed by atoms with E-state index in [4.69, 9.17) is 4.55 Å². The van der Waals surface area contributed by atoms with Gasteiger partial charge in [-0.15, -0.1) is 0 Å². The first-order chi connectivity index (χ1) is 23.4. The SMILES string of the molecule is CC1(C)C(=O)N(C2CCN(C(=O)C(CCc3ccccc3)NC(=O)[C@@H]3CCCNC3)CC2)c2ccccc21.Cc1ccc(S(=O)(=O)O)cc1. The van der Waals surface area contributed by atoms with Gasteiger partial charge in [0.25, 0.3) is 10.1 Å². The van der Waals surface area contributed by atoms with E-state index in [1.54, 1.807) is 12.1 Å². The Kier molecular flexibility index (Phi) is 11.6. The molecule has 0 saturated carbocycles. The Morgan fingerprint density at radius 1 is 0.959 bits per heavy atom. The number of hydrogen-bond acceptors (Lipinski definition) is 6. The molecule has 0 bridgehead atoms. The van der Waals surface area contributed by atoms with Gasteiger partial charge in [0.1, 0.15) is 6.04 Å². The molecule has 2 saturated heterocycles. The fraction of sp³-hybridized carbons (Fsp3) is 0.447. The molecule has 1 unspecified atom stereocenters. The van der Waals surface area contributed by atoms with Crippen LogP contribution in [0.3, 0.4) is 0 Å². The van der Waals surface area contributed by atoms with E-state index >= 15 is 0 Å². The number of nitrogens with zero attached hydrogens (tertiary/aromatic N) is 2. The van der Waals surface area contributed by atoms with Crippen LogP contribution in [0.2, 0.25) is 0 Å². The standard InChI is InChI=1S/C31H40N4O3.C7H8O3S/c1-31(2)25-12-6-7-13-27(25)35(30(31)38)24-16-19-34(20-17-24)29(37)26(15-14-22-9-4-3-5-10-22)33-28(36)23-11-8-18-32-21-23;1-6-2-4-7(5-3-6)11(8,9)10/h3-7,9-10,12-13,23-24,26,32H,8,11,14-21H2,1-2H3,(H,33,36);2-5H,1H3,(H,8,9,10)/t23-,26?;/m1./s1. The van der Waals surface area contributed by atoms with E-state index in [-0.39, 0.29) is 34.6 Å². The number of nitrogens with one attached hydrogen (secondary N) is 2. The lowest BCUT2D eigenvalue weighted by atomic mass is 9.86. The summed E-state index contributed by atoms with van der Waals surface area (Å²) in [5, 5.41) is 6.42. The first-order valence-corrected chi connectivity index (χ1v) is 18.6. The number of rotatable bonds is 8. The van der Waals surface area contributed by atoms with Crippen LogP contribution in [0.1, 0.15) is 62.6 Å². The van der Waals surface area contributed by atoms with E-state index in [0.29, 0.717) is 26.1 Å². The normalized spacial score (nSPS) is 19.8. The first-order valence-electron chi connectivity index (χ1n) is 17.2. The van der Waals surface area contributed by atoms with Crippen molar-refractivity contribution in [2.45, 2.75) is 81.7 Å². The van der Waals surface area contributed by atoms with Gasteiger partial charge in [-0.3, -0.25) is 18.9 Å². The van der Waals surface area contributed by atoms with Gasteiger partial charge in [0.05, 0.1) is 16.2 Å². The predicted octanol–water partition coefficient (Wildman–Crippen LogP) is 4.66. The van der Waals surface area contributed by atoms with Gasteiger partial charge in [0, 0.05) is 31.4 Å². The molecule has 0 spiro atoms. The third-order valence-corrected chi connectivity index (χ3v) is 10.8. The molecule has 0 radical (unpaired) electrons. The number of carbonyl (C=O) groups excluding carboxylic acids is 3. The van der Waals surface area contributed by atoms with Crippen LogP contribution in [0.5, 0.6) is 0 Å². The van der Waals surface area contributed by atoms with Crippen LogP contribution in [0.15, 0.2) is 83.8 Å². The number of hydrogen-bond donors (Lipinski definition) is 3. The Bertz CT molecular complexity index is 1710. The second kappa shape index (κ2) is 15.7. The van der Waals surface area contributed by atoms with Crippen LogP contribution in [0, 0.1) is 12.8 Å². The number of fused-ring (bicyclic) bond motifs is 1. The van der Waals surface area contributed by atoms with Gasteiger partial charge in [-0.2, -0.15) is 8.42 Å². The van der Waals surface area contributed by atoms with Gasteiger partial charge in [-0.1, -0.05) is 66.2 Å². The molecule has 10 nitrogen and oxygen atoms in total. The third kappa shape index (κ3) is 8.76. The number of aryl methyl sites for hydroxylation is 2. The number of likely N-dealkylation sites (tertiary alicyclic amines) is 1. The molecule has 3 aromatic carbocycles. The van der Waals surface area contributed by atoms with Crippen LogP contribution >= 0.6 is 0 Å². The zero-order valence-corrected chi connectivity index (χ0v) is 29.4. The predicted molar refractivity (Wildman–Crippen MR) is 190 cm³/mol. The highest BCUT2D eigenvalue weighted by Crippen LogP contribution is 2.43. The first kappa shape index (κ1) is 36.2. The molecule has 262 valence electrons. The van der Waals surface area contributed by atoms with Crippen LogP contribution in [0.4, 0.5) is 5.69 Å². The van der Waals surface area contributed by atoms with Crippen molar-refractivity contribution < 1.29 is 27.4 Å². The van der Waals surface area contributed by atoms with E-state index in [1.165, 1.54) is 12.1 Å². The average molecular weight is 689 g/mol. The molecule has 3 aromatic rings. The summed E-state index contributed by atoms with van der Waals surface area (Å²) in [6.45, 7) is 8.60. The van der Waals surface area contributed by atoms with E-state index in [2.05, 4.69) is 22.8 Å². The monoisotopic (exact) mass is 688 g/mol. The molecule has 3 aliphatic rings. The van der Waals surface area contributed by atoms with Crippen molar-refractivity contribution in [1.82, 2.24) is 15.5 Å². The van der Waals surface area contributed by atoms with Crippen LogP contribution in [-0.2, 0) is 36.3 Å². The number of anilines is 1. The second-order valence-electron chi connectivity index (χ2n) is 13.8. The largest absolute Gasteiger partial charge is 0.344 e. The number of carbonyl (C=O) groups is 3. The third-order valence-electron chi connectivity index (χ3n) is 9.90. The van der Waals surface area contributed by atoms with Crippen molar-refractivity contribution in [3.8, 4) is 0 Å². The smallest absolute Gasteiger partial charge is 0.294 e. The Hall–Kier alpha value is -4.06. The van der Waals surface area contributed by atoms with Gasteiger partial charge >= 0.3 is 0 Å². The summed E-state index contributed by atoms with van der Waals surface area (Å²) in [6.07, 6.45) is 4.59. The van der Waals surface area contributed by atoms with Crippen LogP contribution in [-0.4, -0.2) is 73.9 Å². The molecular formula is C38H48N4O6S. The fourth-order valence-corrected chi connectivity index (χ4v) is 7.43. The van der Waals surface area contributed by atoms with E-state index in [9.17, 15) is 22.8 Å². The lowest BCUT2D eigenvalue weighted by Crippen LogP contribution is -2.55. The topological polar surface area (TPSA) is 136 Å². The Morgan fingerprint density at radius 3 is 2.24 bits per heavy atom. The summed E-state index contributed by atoms with van der Waals surface area (Å²) < 4.78 is 29.6. The molecular weight excluding hydrogens is 641 g/mol. The maximum atomic E-state index is 13.7. The van der Waals surface area contributed by atoms with E-state index < -0.39 is 21.6 Å². The summed E-state index contributed by atoms with van der Waals surface area (Å²) >= 11 is 0.